The lowest BCUT2D eigenvalue weighted by Crippen LogP contribution is -2.62. The maximum atomic E-state index is 10.5. The molecule has 0 saturated carbocycles. The molecule has 0 aromatic rings. The first-order chi connectivity index (χ1) is 5.95. The van der Waals surface area contributed by atoms with E-state index < -0.39 is 36.4 Å². The number of carboxylic acids is 1. The third-order valence-electron chi connectivity index (χ3n) is 2.20. The van der Waals surface area contributed by atoms with E-state index in [2.05, 4.69) is 0 Å². The number of rotatable bonds is 1. The van der Waals surface area contributed by atoms with E-state index in [1.807, 2.05) is 0 Å². The number of aliphatic hydroxyl groups excluding tert-OH is 2. The second-order valence-electron chi connectivity index (χ2n) is 3.16. The molecule has 1 rings (SSSR count). The fourth-order valence-corrected chi connectivity index (χ4v) is 1.29. The van der Waals surface area contributed by atoms with Crippen LogP contribution in [0.3, 0.4) is 0 Å². The Kier molecular flexibility index (Phi) is 2.87. The van der Waals surface area contributed by atoms with Gasteiger partial charge in [-0.25, -0.2) is 4.79 Å². The molecule has 0 spiro atoms. The van der Waals surface area contributed by atoms with Gasteiger partial charge in [0.05, 0.1) is 12.1 Å². The normalized spacial score (nSPS) is 46.0. The van der Waals surface area contributed by atoms with E-state index in [4.69, 9.17) is 15.6 Å². The number of carboxylic acid groups (broad SMARTS) is 1. The molecule has 1 aliphatic heterocycles. The van der Waals surface area contributed by atoms with E-state index >= 15 is 0 Å². The van der Waals surface area contributed by atoms with Crippen LogP contribution in [0.25, 0.3) is 0 Å². The lowest BCUT2D eigenvalue weighted by atomic mass is 9.94. The zero-order valence-corrected chi connectivity index (χ0v) is 7.12. The highest BCUT2D eigenvalue weighted by Gasteiger charge is 2.44. The number of aliphatic carboxylic acids is 1. The molecular weight excluding hydrogens is 178 g/mol. The molecule has 13 heavy (non-hydrogen) atoms. The van der Waals surface area contributed by atoms with Gasteiger partial charge < -0.3 is 25.8 Å². The average Bonchev–Trinajstić information content (AvgIpc) is 2.07. The summed E-state index contributed by atoms with van der Waals surface area (Å²) < 4.78 is 4.91. The van der Waals surface area contributed by atoms with Crippen LogP contribution < -0.4 is 5.73 Å². The Hall–Kier alpha value is -0.690. The van der Waals surface area contributed by atoms with Crippen molar-refractivity contribution in [3.63, 3.8) is 0 Å². The molecule has 6 nitrogen and oxygen atoms in total. The second kappa shape index (κ2) is 3.59. The number of carbonyl (C=O) groups is 1. The monoisotopic (exact) mass is 191 g/mol. The molecule has 1 heterocycles. The number of nitrogens with two attached hydrogens (primary N) is 1. The number of hydrogen-bond acceptors (Lipinski definition) is 5. The zero-order chi connectivity index (χ0) is 10.2. The number of ether oxygens (including phenoxy) is 1. The lowest BCUT2D eigenvalue weighted by Gasteiger charge is -2.38. The Balaban J connectivity index is 2.76. The van der Waals surface area contributed by atoms with Crippen molar-refractivity contribution in [2.24, 2.45) is 5.73 Å². The smallest absolute Gasteiger partial charge is 0.335 e. The van der Waals surface area contributed by atoms with Crippen LogP contribution >= 0.6 is 0 Å². The minimum atomic E-state index is -1.47. The summed E-state index contributed by atoms with van der Waals surface area (Å²) in [5.74, 6) is -1.30. The van der Waals surface area contributed by atoms with Gasteiger partial charge in [0.1, 0.15) is 12.2 Å². The predicted octanol–water partition coefficient (Wildman–Crippen LogP) is -2.09. The molecule has 1 aliphatic rings. The van der Waals surface area contributed by atoms with Gasteiger partial charge in [0, 0.05) is 0 Å². The van der Waals surface area contributed by atoms with E-state index in [1.54, 1.807) is 6.92 Å². The Labute approximate surface area is 74.9 Å². The molecule has 76 valence electrons. The van der Waals surface area contributed by atoms with E-state index in [-0.39, 0.29) is 0 Å². The molecule has 0 aromatic heterocycles. The van der Waals surface area contributed by atoms with Gasteiger partial charge in [0.25, 0.3) is 0 Å². The first-order valence-electron chi connectivity index (χ1n) is 3.95. The summed E-state index contributed by atoms with van der Waals surface area (Å²) in [7, 11) is 0. The molecule has 1 fully saturated rings. The Bertz CT molecular complexity index is 209. The SMILES string of the molecule is C[C@@H]1OC(C(=O)O)C(O)[C@@H](O)[C@@H]1N. The van der Waals surface area contributed by atoms with Gasteiger partial charge in [0.15, 0.2) is 6.10 Å². The number of hydrogen-bond donors (Lipinski definition) is 4. The third kappa shape index (κ3) is 1.80. The Morgan fingerprint density at radius 1 is 1.38 bits per heavy atom. The summed E-state index contributed by atoms with van der Waals surface area (Å²) in [5.41, 5.74) is 5.45. The van der Waals surface area contributed by atoms with Gasteiger partial charge in [-0.05, 0) is 6.92 Å². The van der Waals surface area contributed by atoms with Gasteiger partial charge in [-0.2, -0.15) is 0 Å². The summed E-state index contributed by atoms with van der Waals surface area (Å²) in [6, 6.07) is -0.759. The molecule has 5 N–H and O–H groups in total. The van der Waals surface area contributed by atoms with E-state index in [1.165, 1.54) is 0 Å². The van der Waals surface area contributed by atoms with E-state index in [0.29, 0.717) is 0 Å². The van der Waals surface area contributed by atoms with Crippen molar-refractivity contribution in [3.8, 4) is 0 Å². The molecule has 0 bridgehead atoms. The van der Waals surface area contributed by atoms with Crippen LogP contribution in [0.15, 0.2) is 0 Å². The lowest BCUT2D eigenvalue weighted by molar-refractivity contribution is -0.195. The fraction of sp³-hybridized carbons (Fsp3) is 0.857. The standard InChI is InChI=1S/C7H13NO5/c1-2-3(8)4(9)5(10)6(13-2)7(11)12/h2-6,9-10H,8H2,1H3,(H,11,12)/t2-,3+,4-,5?,6?/m0/s1. The molecule has 5 atom stereocenters. The first-order valence-corrected chi connectivity index (χ1v) is 3.95. The van der Waals surface area contributed by atoms with Crippen LogP contribution in [-0.4, -0.2) is 51.7 Å². The van der Waals surface area contributed by atoms with E-state index in [9.17, 15) is 15.0 Å². The van der Waals surface area contributed by atoms with Crippen LogP contribution in [0.1, 0.15) is 6.92 Å². The minimum Gasteiger partial charge on any atom is -0.479 e. The van der Waals surface area contributed by atoms with Crippen molar-refractivity contribution in [1.82, 2.24) is 0 Å². The zero-order valence-electron chi connectivity index (χ0n) is 7.12. The molecule has 1 saturated heterocycles. The third-order valence-corrected chi connectivity index (χ3v) is 2.20. The molecular formula is C7H13NO5. The fourth-order valence-electron chi connectivity index (χ4n) is 1.29. The van der Waals surface area contributed by atoms with Crippen molar-refractivity contribution >= 4 is 5.97 Å². The molecule has 0 aliphatic carbocycles. The highest BCUT2D eigenvalue weighted by atomic mass is 16.5. The van der Waals surface area contributed by atoms with Crippen LogP contribution in [0.5, 0.6) is 0 Å². The summed E-state index contributed by atoms with van der Waals surface area (Å²) in [6.45, 7) is 1.55. The maximum absolute atomic E-state index is 10.5. The average molecular weight is 191 g/mol. The molecule has 0 amide bonds. The summed E-state index contributed by atoms with van der Waals surface area (Å²) in [4.78, 5) is 10.5. The summed E-state index contributed by atoms with van der Waals surface area (Å²) >= 11 is 0. The highest BCUT2D eigenvalue weighted by Crippen LogP contribution is 2.19. The highest BCUT2D eigenvalue weighted by molar-refractivity contribution is 5.73. The summed E-state index contributed by atoms with van der Waals surface area (Å²) in [5, 5.41) is 27.2. The van der Waals surface area contributed by atoms with Gasteiger partial charge in [0.2, 0.25) is 0 Å². The van der Waals surface area contributed by atoms with Crippen molar-refractivity contribution in [3.05, 3.63) is 0 Å². The first kappa shape index (κ1) is 10.4. The summed E-state index contributed by atoms with van der Waals surface area (Å²) in [6.07, 6.45) is -4.71. The maximum Gasteiger partial charge on any atom is 0.335 e. The Morgan fingerprint density at radius 2 is 1.92 bits per heavy atom. The van der Waals surface area contributed by atoms with Gasteiger partial charge in [-0.3, -0.25) is 0 Å². The van der Waals surface area contributed by atoms with Crippen LogP contribution in [0.4, 0.5) is 0 Å². The molecule has 0 radical (unpaired) electrons. The molecule has 2 unspecified atom stereocenters. The molecule has 0 aromatic carbocycles. The van der Waals surface area contributed by atoms with Gasteiger partial charge in [-0.15, -0.1) is 0 Å². The quantitative estimate of drug-likeness (QED) is 0.378. The van der Waals surface area contributed by atoms with Crippen molar-refractivity contribution in [2.45, 2.75) is 37.4 Å². The van der Waals surface area contributed by atoms with Crippen molar-refractivity contribution in [2.75, 3.05) is 0 Å². The minimum absolute atomic E-state index is 0.584. The van der Waals surface area contributed by atoms with Crippen LogP contribution in [-0.2, 0) is 9.53 Å². The topological polar surface area (TPSA) is 113 Å². The predicted molar refractivity (Wildman–Crippen MR) is 42.0 cm³/mol. The van der Waals surface area contributed by atoms with E-state index in [0.717, 1.165) is 0 Å². The van der Waals surface area contributed by atoms with Crippen LogP contribution in [0.2, 0.25) is 0 Å². The van der Waals surface area contributed by atoms with Gasteiger partial charge >= 0.3 is 5.97 Å². The van der Waals surface area contributed by atoms with Crippen LogP contribution in [0, 0.1) is 0 Å². The van der Waals surface area contributed by atoms with Crippen molar-refractivity contribution in [1.29, 1.82) is 0 Å². The molecule has 6 heteroatoms. The second-order valence-corrected chi connectivity index (χ2v) is 3.16. The Morgan fingerprint density at radius 3 is 2.38 bits per heavy atom. The number of aliphatic hydroxyl groups is 2. The van der Waals surface area contributed by atoms with Crippen molar-refractivity contribution < 1.29 is 24.9 Å². The largest absolute Gasteiger partial charge is 0.479 e. The van der Waals surface area contributed by atoms with Gasteiger partial charge in [-0.1, -0.05) is 0 Å².